The summed E-state index contributed by atoms with van der Waals surface area (Å²) in [7, 11) is 0. The number of rotatable bonds is 2. The predicted molar refractivity (Wildman–Crippen MR) is 83.6 cm³/mol. The molecular formula is C17H18N2O3. The SMILES string of the molecule is O=C(Cc1ccc2ccccc2c1)OC(=O)N1CCNCC1. The van der Waals surface area contributed by atoms with Crippen molar-refractivity contribution in [2.45, 2.75) is 6.42 Å². The van der Waals surface area contributed by atoms with Gasteiger partial charge in [-0.05, 0) is 16.3 Å². The quantitative estimate of drug-likeness (QED) is 0.680. The van der Waals surface area contributed by atoms with Gasteiger partial charge < -0.3 is 15.0 Å². The van der Waals surface area contributed by atoms with E-state index >= 15 is 0 Å². The second-order valence-corrected chi connectivity index (χ2v) is 5.34. The van der Waals surface area contributed by atoms with Crippen molar-refractivity contribution in [3.63, 3.8) is 0 Å². The summed E-state index contributed by atoms with van der Waals surface area (Å²) in [6.07, 6.45) is -0.449. The first kappa shape index (κ1) is 14.5. The van der Waals surface area contributed by atoms with Crippen molar-refractivity contribution in [1.29, 1.82) is 0 Å². The van der Waals surface area contributed by atoms with Crippen molar-refractivity contribution >= 4 is 22.8 Å². The topological polar surface area (TPSA) is 58.6 Å². The number of hydrogen-bond acceptors (Lipinski definition) is 4. The van der Waals surface area contributed by atoms with Gasteiger partial charge in [0, 0.05) is 26.2 Å². The molecule has 22 heavy (non-hydrogen) atoms. The second kappa shape index (κ2) is 6.58. The number of fused-ring (bicyclic) bond motifs is 1. The van der Waals surface area contributed by atoms with Crippen LogP contribution in [0, 0.1) is 0 Å². The molecule has 1 N–H and O–H groups in total. The third-order valence-electron chi connectivity index (χ3n) is 3.74. The molecule has 0 aliphatic carbocycles. The van der Waals surface area contributed by atoms with Crippen LogP contribution in [0.5, 0.6) is 0 Å². The minimum atomic E-state index is -0.549. The maximum Gasteiger partial charge on any atom is 0.417 e. The highest BCUT2D eigenvalue weighted by Gasteiger charge is 2.20. The molecule has 1 saturated heterocycles. The summed E-state index contributed by atoms with van der Waals surface area (Å²) in [4.78, 5) is 25.3. The Morgan fingerprint density at radius 2 is 1.77 bits per heavy atom. The van der Waals surface area contributed by atoms with Crippen molar-refractivity contribution in [1.82, 2.24) is 10.2 Å². The Morgan fingerprint density at radius 3 is 2.55 bits per heavy atom. The number of hydrogen-bond donors (Lipinski definition) is 1. The number of carbonyl (C=O) groups excluding carboxylic acids is 2. The predicted octanol–water partition coefficient (Wildman–Crippen LogP) is 1.95. The third kappa shape index (κ3) is 3.43. The van der Waals surface area contributed by atoms with Crippen LogP contribution in [0.3, 0.4) is 0 Å². The Kier molecular flexibility index (Phi) is 4.34. The average molecular weight is 298 g/mol. The molecule has 0 radical (unpaired) electrons. The lowest BCUT2D eigenvalue weighted by Gasteiger charge is -2.25. The zero-order valence-electron chi connectivity index (χ0n) is 12.2. The molecule has 0 aromatic heterocycles. The molecule has 5 heteroatoms. The van der Waals surface area contributed by atoms with Gasteiger partial charge in [-0.1, -0.05) is 42.5 Å². The van der Waals surface area contributed by atoms with E-state index in [9.17, 15) is 9.59 Å². The van der Waals surface area contributed by atoms with Gasteiger partial charge in [-0.2, -0.15) is 0 Å². The second-order valence-electron chi connectivity index (χ2n) is 5.34. The highest BCUT2D eigenvalue weighted by atomic mass is 16.6. The van der Waals surface area contributed by atoms with Gasteiger partial charge in [-0.15, -0.1) is 0 Å². The van der Waals surface area contributed by atoms with Crippen LogP contribution in [0.1, 0.15) is 5.56 Å². The van der Waals surface area contributed by atoms with E-state index in [4.69, 9.17) is 4.74 Å². The average Bonchev–Trinajstić information content (AvgIpc) is 2.55. The van der Waals surface area contributed by atoms with Crippen molar-refractivity contribution in [3.05, 3.63) is 48.0 Å². The van der Waals surface area contributed by atoms with Crippen LogP contribution in [-0.4, -0.2) is 43.1 Å². The first-order valence-electron chi connectivity index (χ1n) is 7.40. The molecule has 0 bridgehead atoms. The number of nitrogens with zero attached hydrogens (tertiary/aromatic N) is 1. The van der Waals surface area contributed by atoms with E-state index in [-0.39, 0.29) is 6.42 Å². The Bertz CT molecular complexity index is 693. The lowest BCUT2D eigenvalue weighted by atomic mass is 10.1. The van der Waals surface area contributed by atoms with Gasteiger partial charge in [-0.25, -0.2) is 4.79 Å². The van der Waals surface area contributed by atoms with Gasteiger partial charge >= 0.3 is 12.1 Å². The van der Waals surface area contributed by atoms with Gasteiger partial charge in [-0.3, -0.25) is 4.79 Å². The molecule has 1 amide bonds. The van der Waals surface area contributed by atoms with Crippen LogP contribution >= 0.6 is 0 Å². The Balaban J connectivity index is 1.61. The van der Waals surface area contributed by atoms with E-state index in [1.54, 1.807) is 4.90 Å². The highest BCUT2D eigenvalue weighted by molar-refractivity contribution is 5.88. The monoisotopic (exact) mass is 298 g/mol. The Labute approximate surface area is 128 Å². The van der Waals surface area contributed by atoms with Crippen LogP contribution in [0.15, 0.2) is 42.5 Å². The third-order valence-corrected chi connectivity index (χ3v) is 3.74. The number of carbonyl (C=O) groups is 2. The summed E-state index contributed by atoms with van der Waals surface area (Å²) in [5.41, 5.74) is 0.844. The summed E-state index contributed by atoms with van der Waals surface area (Å²) < 4.78 is 4.93. The zero-order chi connectivity index (χ0) is 15.4. The number of nitrogens with one attached hydrogen (secondary N) is 1. The fourth-order valence-electron chi connectivity index (χ4n) is 2.56. The van der Waals surface area contributed by atoms with Gasteiger partial charge in [0.1, 0.15) is 0 Å². The van der Waals surface area contributed by atoms with Crippen molar-refractivity contribution in [2.24, 2.45) is 0 Å². The Hall–Kier alpha value is -2.40. The lowest BCUT2D eigenvalue weighted by Crippen LogP contribution is -2.47. The number of esters is 1. The largest absolute Gasteiger partial charge is 0.417 e. The highest BCUT2D eigenvalue weighted by Crippen LogP contribution is 2.16. The molecule has 2 aromatic rings. The van der Waals surface area contributed by atoms with Crippen molar-refractivity contribution in [2.75, 3.05) is 26.2 Å². The molecule has 2 aromatic carbocycles. The van der Waals surface area contributed by atoms with Crippen molar-refractivity contribution < 1.29 is 14.3 Å². The molecule has 114 valence electrons. The van der Waals surface area contributed by atoms with E-state index in [0.29, 0.717) is 13.1 Å². The van der Waals surface area contributed by atoms with Crippen LogP contribution in [0.25, 0.3) is 10.8 Å². The van der Waals surface area contributed by atoms with E-state index in [1.165, 1.54) is 0 Å². The van der Waals surface area contributed by atoms with E-state index in [0.717, 1.165) is 29.4 Å². The summed E-state index contributed by atoms with van der Waals surface area (Å²) >= 11 is 0. The number of piperazine rings is 1. The van der Waals surface area contributed by atoms with Gasteiger partial charge in [0.25, 0.3) is 0 Å². The molecule has 0 spiro atoms. The van der Waals surface area contributed by atoms with Crippen LogP contribution in [0.2, 0.25) is 0 Å². The molecule has 1 fully saturated rings. The fourth-order valence-corrected chi connectivity index (χ4v) is 2.56. The molecule has 1 heterocycles. The molecule has 0 atom stereocenters. The minimum Gasteiger partial charge on any atom is -0.376 e. The lowest BCUT2D eigenvalue weighted by molar-refractivity contribution is -0.137. The molecular weight excluding hydrogens is 280 g/mol. The first-order chi connectivity index (χ1) is 10.7. The van der Waals surface area contributed by atoms with Gasteiger partial charge in [0.15, 0.2) is 0 Å². The van der Waals surface area contributed by atoms with Crippen LogP contribution in [-0.2, 0) is 16.0 Å². The van der Waals surface area contributed by atoms with Gasteiger partial charge in [0.2, 0.25) is 0 Å². The molecule has 0 saturated carbocycles. The maximum absolute atomic E-state index is 11.9. The molecule has 0 unspecified atom stereocenters. The minimum absolute atomic E-state index is 0.0999. The first-order valence-corrected chi connectivity index (χ1v) is 7.40. The smallest absolute Gasteiger partial charge is 0.376 e. The Morgan fingerprint density at radius 1 is 1.05 bits per heavy atom. The van der Waals surface area contributed by atoms with Crippen LogP contribution < -0.4 is 5.32 Å². The fraction of sp³-hybridized carbons (Fsp3) is 0.294. The van der Waals surface area contributed by atoms with E-state index < -0.39 is 12.1 Å². The normalized spacial score (nSPS) is 14.8. The standard InChI is InChI=1S/C17H18N2O3/c20-16(22-17(21)19-9-7-18-8-10-19)12-13-5-6-14-3-1-2-4-15(14)11-13/h1-6,11,18H,7-10,12H2. The molecule has 5 nitrogen and oxygen atoms in total. The maximum atomic E-state index is 11.9. The molecule has 3 rings (SSSR count). The molecule has 1 aliphatic heterocycles. The summed E-state index contributed by atoms with van der Waals surface area (Å²) in [5.74, 6) is -0.515. The zero-order valence-corrected chi connectivity index (χ0v) is 12.2. The van der Waals surface area contributed by atoms with Crippen molar-refractivity contribution in [3.8, 4) is 0 Å². The number of amides is 1. The molecule has 1 aliphatic rings. The summed E-state index contributed by atoms with van der Waals surface area (Å²) in [6.45, 7) is 2.60. The van der Waals surface area contributed by atoms with Crippen LogP contribution in [0.4, 0.5) is 4.79 Å². The number of benzene rings is 2. The van der Waals surface area contributed by atoms with E-state index in [1.807, 2.05) is 42.5 Å². The number of ether oxygens (including phenoxy) is 1. The summed E-state index contributed by atoms with van der Waals surface area (Å²) in [5, 5.41) is 5.34. The summed E-state index contributed by atoms with van der Waals surface area (Å²) in [6, 6.07) is 13.8. The van der Waals surface area contributed by atoms with E-state index in [2.05, 4.69) is 5.32 Å². The van der Waals surface area contributed by atoms with Gasteiger partial charge in [0.05, 0.1) is 6.42 Å².